The minimum Gasteiger partial charge on any atom is -0.360 e. The molecule has 0 fully saturated rings. The molecule has 2 aromatic rings. The van der Waals surface area contributed by atoms with E-state index in [1.807, 2.05) is 12.3 Å². The number of halogens is 1. The van der Waals surface area contributed by atoms with Crippen LogP contribution in [0.5, 0.6) is 0 Å². The number of carbonyl (C=O) groups excluding carboxylic acids is 1. The molecule has 0 radical (unpaired) electrons. The molecule has 1 aromatic carbocycles. The van der Waals surface area contributed by atoms with Gasteiger partial charge in [-0.1, -0.05) is 17.7 Å². The number of para-hydroxylation sites is 1. The fourth-order valence-corrected chi connectivity index (χ4v) is 2.63. The topological polar surface area (TPSA) is 38.1 Å². The van der Waals surface area contributed by atoms with Gasteiger partial charge in [-0.3, -0.25) is 4.79 Å². The Labute approximate surface area is 110 Å². The SMILES string of the molecule is O=Cc1cccc(Cl)c1N1CCn2ccnc2C1. The third-order valence-corrected chi connectivity index (χ3v) is 3.51. The Morgan fingerprint density at radius 3 is 3.06 bits per heavy atom. The molecular weight excluding hydrogens is 250 g/mol. The van der Waals surface area contributed by atoms with Gasteiger partial charge >= 0.3 is 0 Å². The van der Waals surface area contributed by atoms with Crippen LogP contribution < -0.4 is 4.90 Å². The Morgan fingerprint density at radius 1 is 1.33 bits per heavy atom. The summed E-state index contributed by atoms with van der Waals surface area (Å²) in [6.07, 6.45) is 4.62. The Bertz CT molecular complexity index is 594. The van der Waals surface area contributed by atoms with E-state index in [0.717, 1.165) is 30.9 Å². The van der Waals surface area contributed by atoms with Crippen molar-refractivity contribution in [2.24, 2.45) is 0 Å². The van der Waals surface area contributed by atoms with Crippen molar-refractivity contribution in [3.63, 3.8) is 0 Å². The van der Waals surface area contributed by atoms with Crippen molar-refractivity contribution >= 4 is 23.6 Å². The third-order valence-electron chi connectivity index (χ3n) is 3.21. The molecule has 18 heavy (non-hydrogen) atoms. The second-order valence-corrected chi connectivity index (χ2v) is 4.66. The molecular formula is C13H12ClN3O. The summed E-state index contributed by atoms with van der Waals surface area (Å²) in [5.74, 6) is 0.998. The van der Waals surface area contributed by atoms with Gasteiger partial charge < -0.3 is 9.47 Å². The van der Waals surface area contributed by atoms with E-state index in [0.29, 0.717) is 17.1 Å². The van der Waals surface area contributed by atoms with E-state index < -0.39 is 0 Å². The molecule has 0 saturated carbocycles. The van der Waals surface area contributed by atoms with Crippen LogP contribution in [0.3, 0.4) is 0 Å². The van der Waals surface area contributed by atoms with Crippen LogP contribution in [0.2, 0.25) is 5.02 Å². The second-order valence-electron chi connectivity index (χ2n) is 4.25. The van der Waals surface area contributed by atoms with Gasteiger partial charge in [-0.05, 0) is 12.1 Å². The summed E-state index contributed by atoms with van der Waals surface area (Å²) < 4.78 is 2.12. The summed E-state index contributed by atoms with van der Waals surface area (Å²) in [6, 6.07) is 5.39. The van der Waals surface area contributed by atoms with E-state index in [9.17, 15) is 4.79 Å². The third kappa shape index (κ3) is 1.78. The first kappa shape index (κ1) is 11.3. The molecule has 0 N–H and O–H groups in total. The number of aldehydes is 1. The maximum absolute atomic E-state index is 11.1. The van der Waals surface area contributed by atoms with Crippen LogP contribution in [-0.4, -0.2) is 22.4 Å². The molecule has 0 spiro atoms. The zero-order chi connectivity index (χ0) is 12.5. The zero-order valence-corrected chi connectivity index (χ0v) is 10.5. The molecule has 0 aliphatic carbocycles. The van der Waals surface area contributed by atoms with Gasteiger partial charge in [0.05, 0.1) is 17.3 Å². The number of anilines is 1. The van der Waals surface area contributed by atoms with Crippen LogP contribution in [-0.2, 0) is 13.1 Å². The molecule has 0 saturated heterocycles. The quantitative estimate of drug-likeness (QED) is 0.779. The molecule has 4 nitrogen and oxygen atoms in total. The largest absolute Gasteiger partial charge is 0.360 e. The maximum Gasteiger partial charge on any atom is 0.152 e. The van der Waals surface area contributed by atoms with Gasteiger partial charge in [0.15, 0.2) is 6.29 Å². The lowest BCUT2D eigenvalue weighted by molar-refractivity contribution is 0.112. The summed E-state index contributed by atoms with van der Waals surface area (Å²) in [7, 11) is 0. The van der Waals surface area contributed by atoms with Crippen molar-refractivity contribution in [1.29, 1.82) is 0 Å². The molecule has 1 aromatic heterocycles. The maximum atomic E-state index is 11.1. The minimum absolute atomic E-state index is 0.611. The second kappa shape index (κ2) is 4.46. The lowest BCUT2D eigenvalue weighted by Gasteiger charge is -2.31. The Balaban J connectivity index is 2.00. The summed E-state index contributed by atoms with van der Waals surface area (Å²) in [5.41, 5.74) is 1.44. The van der Waals surface area contributed by atoms with Gasteiger partial charge in [-0.25, -0.2) is 4.98 Å². The number of hydrogen-bond donors (Lipinski definition) is 0. The minimum atomic E-state index is 0.611. The van der Waals surface area contributed by atoms with E-state index in [4.69, 9.17) is 11.6 Å². The van der Waals surface area contributed by atoms with Crippen LogP contribution >= 0.6 is 11.6 Å². The van der Waals surface area contributed by atoms with Gasteiger partial charge in [0.25, 0.3) is 0 Å². The summed E-state index contributed by atoms with van der Waals surface area (Å²) in [5, 5.41) is 0.611. The molecule has 1 aliphatic rings. The summed E-state index contributed by atoms with van der Waals surface area (Å²) in [6.45, 7) is 2.37. The van der Waals surface area contributed by atoms with E-state index in [-0.39, 0.29) is 0 Å². The van der Waals surface area contributed by atoms with Crippen molar-refractivity contribution in [3.8, 4) is 0 Å². The molecule has 3 rings (SSSR count). The van der Waals surface area contributed by atoms with Crippen LogP contribution in [0.4, 0.5) is 5.69 Å². The van der Waals surface area contributed by atoms with Gasteiger partial charge in [0, 0.05) is 31.0 Å². The van der Waals surface area contributed by atoms with Crippen LogP contribution in [0.1, 0.15) is 16.2 Å². The van der Waals surface area contributed by atoms with Crippen LogP contribution in [0, 0.1) is 0 Å². The first-order chi connectivity index (χ1) is 8.79. The average molecular weight is 262 g/mol. The van der Waals surface area contributed by atoms with Crippen molar-refractivity contribution in [1.82, 2.24) is 9.55 Å². The molecule has 1 aliphatic heterocycles. The van der Waals surface area contributed by atoms with Crippen LogP contribution in [0.15, 0.2) is 30.6 Å². The molecule has 5 heteroatoms. The monoisotopic (exact) mass is 261 g/mol. The van der Waals surface area contributed by atoms with Gasteiger partial charge in [-0.15, -0.1) is 0 Å². The summed E-state index contributed by atoms with van der Waals surface area (Å²) in [4.78, 5) is 17.5. The zero-order valence-electron chi connectivity index (χ0n) is 9.71. The number of nitrogens with zero attached hydrogens (tertiary/aromatic N) is 3. The van der Waals surface area contributed by atoms with Gasteiger partial charge in [0.1, 0.15) is 5.82 Å². The Kier molecular flexibility index (Phi) is 2.80. The predicted molar refractivity (Wildman–Crippen MR) is 70.1 cm³/mol. The van der Waals surface area contributed by atoms with E-state index in [2.05, 4.69) is 14.5 Å². The highest BCUT2D eigenvalue weighted by molar-refractivity contribution is 6.33. The number of aromatic nitrogens is 2. The lowest BCUT2D eigenvalue weighted by Crippen LogP contribution is -2.34. The highest BCUT2D eigenvalue weighted by atomic mass is 35.5. The molecule has 0 atom stereocenters. The first-order valence-electron chi connectivity index (χ1n) is 5.78. The van der Waals surface area contributed by atoms with E-state index in [1.165, 1.54) is 0 Å². The number of rotatable bonds is 2. The molecule has 2 heterocycles. The van der Waals surface area contributed by atoms with E-state index >= 15 is 0 Å². The molecule has 92 valence electrons. The predicted octanol–water partition coefficient (Wildman–Crippen LogP) is 2.37. The number of carbonyl (C=O) groups is 1. The Hall–Kier alpha value is -1.81. The molecule has 0 amide bonds. The van der Waals surface area contributed by atoms with Gasteiger partial charge in [-0.2, -0.15) is 0 Å². The van der Waals surface area contributed by atoms with Crippen LogP contribution in [0.25, 0.3) is 0 Å². The van der Waals surface area contributed by atoms with Crippen molar-refractivity contribution in [2.45, 2.75) is 13.1 Å². The fraction of sp³-hybridized carbons (Fsp3) is 0.231. The number of imidazole rings is 1. The number of benzene rings is 1. The number of fused-ring (bicyclic) bond motifs is 1. The normalized spacial score (nSPS) is 14.4. The standard InChI is InChI=1S/C13H12ClN3O/c14-11-3-1-2-10(9-18)13(11)17-7-6-16-5-4-15-12(16)8-17/h1-5,9H,6-8H2. The molecule has 0 unspecified atom stereocenters. The number of hydrogen-bond acceptors (Lipinski definition) is 3. The highest BCUT2D eigenvalue weighted by Gasteiger charge is 2.20. The lowest BCUT2D eigenvalue weighted by atomic mass is 10.1. The van der Waals surface area contributed by atoms with Crippen molar-refractivity contribution in [2.75, 3.05) is 11.4 Å². The summed E-state index contributed by atoms with van der Waals surface area (Å²) >= 11 is 6.21. The first-order valence-corrected chi connectivity index (χ1v) is 6.16. The van der Waals surface area contributed by atoms with Crippen molar-refractivity contribution in [3.05, 3.63) is 47.0 Å². The Morgan fingerprint density at radius 2 is 2.22 bits per heavy atom. The smallest absolute Gasteiger partial charge is 0.152 e. The van der Waals surface area contributed by atoms with Crippen molar-refractivity contribution < 1.29 is 4.79 Å². The highest BCUT2D eigenvalue weighted by Crippen LogP contribution is 2.31. The fourth-order valence-electron chi connectivity index (χ4n) is 2.33. The molecule has 0 bridgehead atoms. The van der Waals surface area contributed by atoms with Gasteiger partial charge in [0.2, 0.25) is 0 Å². The average Bonchev–Trinajstić information content (AvgIpc) is 2.85. The van der Waals surface area contributed by atoms with E-state index in [1.54, 1.807) is 18.3 Å².